The van der Waals surface area contributed by atoms with Crippen LogP contribution in [-0.2, 0) is 0 Å². The zero-order valence-corrected chi connectivity index (χ0v) is 14.1. The molecule has 1 aromatic heterocycles. The standard InChI is InChI=1S/C17H15ClN2O2S/c1-12-2-4-13(5-3-12)16-19-20-17(22-16)23-11-10-21-15-8-6-14(18)7-9-15/h2-9H,10-11H2,1H3. The summed E-state index contributed by atoms with van der Waals surface area (Å²) in [6, 6.07) is 15.3. The van der Waals surface area contributed by atoms with Crippen molar-refractivity contribution in [2.45, 2.75) is 12.1 Å². The van der Waals surface area contributed by atoms with Crippen LogP contribution in [0.1, 0.15) is 5.56 Å². The SMILES string of the molecule is Cc1ccc(-c2nnc(SCCOc3ccc(Cl)cc3)o2)cc1. The lowest BCUT2D eigenvalue weighted by Crippen LogP contribution is -1.99. The van der Waals surface area contributed by atoms with Gasteiger partial charge in [0, 0.05) is 16.3 Å². The van der Waals surface area contributed by atoms with E-state index in [4.69, 9.17) is 20.8 Å². The molecular weight excluding hydrogens is 332 g/mol. The largest absolute Gasteiger partial charge is 0.493 e. The van der Waals surface area contributed by atoms with E-state index in [0.717, 1.165) is 17.1 Å². The summed E-state index contributed by atoms with van der Waals surface area (Å²) in [6.07, 6.45) is 0. The number of hydrogen-bond donors (Lipinski definition) is 0. The summed E-state index contributed by atoms with van der Waals surface area (Å²) in [6.45, 7) is 2.59. The lowest BCUT2D eigenvalue weighted by Gasteiger charge is -2.04. The van der Waals surface area contributed by atoms with Gasteiger partial charge >= 0.3 is 0 Å². The van der Waals surface area contributed by atoms with Crippen LogP contribution in [0.5, 0.6) is 5.75 Å². The van der Waals surface area contributed by atoms with E-state index in [9.17, 15) is 0 Å². The summed E-state index contributed by atoms with van der Waals surface area (Å²) in [4.78, 5) is 0. The number of hydrogen-bond acceptors (Lipinski definition) is 5. The van der Waals surface area contributed by atoms with Crippen LogP contribution < -0.4 is 4.74 Å². The van der Waals surface area contributed by atoms with Crippen molar-refractivity contribution in [2.24, 2.45) is 0 Å². The average Bonchev–Trinajstić information content (AvgIpc) is 3.03. The maximum Gasteiger partial charge on any atom is 0.276 e. The molecule has 0 amide bonds. The molecule has 6 heteroatoms. The molecule has 0 aliphatic heterocycles. The summed E-state index contributed by atoms with van der Waals surface area (Å²) < 4.78 is 11.3. The zero-order valence-electron chi connectivity index (χ0n) is 12.5. The molecule has 0 fully saturated rings. The number of halogens is 1. The van der Waals surface area contributed by atoms with Gasteiger partial charge in [-0.3, -0.25) is 0 Å². The Morgan fingerprint density at radius 3 is 2.52 bits per heavy atom. The van der Waals surface area contributed by atoms with Gasteiger partial charge in [-0.15, -0.1) is 10.2 Å². The van der Waals surface area contributed by atoms with Crippen LogP contribution >= 0.6 is 23.4 Å². The van der Waals surface area contributed by atoms with E-state index in [1.165, 1.54) is 17.3 Å². The molecule has 0 saturated heterocycles. The Balaban J connectivity index is 1.49. The predicted octanol–water partition coefficient (Wildman–Crippen LogP) is 4.87. The fourth-order valence-electron chi connectivity index (χ4n) is 1.90. The Kier molecular flexibility index (Phi) is 5.20. The number of benzene rings is 2. The molecular formula is C17H15ClN2O2S. The van der Waals surface area contributed by atoms with Gasteiger partial charge in [0.05, 0.1) is 6.61 Å². The second-order valence-electron chi connectivity index (χ2n) is 4.89. The molecule has 0 bridgehead atoms. The summed E-state index contributed by atoms with van der Waals surface area (Å²) >= 11 is 7.30. The molecule has 0 saturated carbocycles. The molecule has 118 valence electrons. The van der Waals surface area contributed by atoms with Gasteiger partial charge in [0.25, 0.3) is 5.22 Å². The van der Waals surface area contributed by atoms with E-state index in [1.807, 2.05) is 43.3 Å². The second-order valence-corrected chi connectivity index (χ2v) is 6.37. The molecule has 1 heterocycles. The monoisotopic (exact) mass is 346 g/mol. The Bertz CT molecular complexity index is 757. The van der Waals surface area contributed by atoms with Crippen LogP contribution in [0.25, 0.3) is 11.5 Å². The molecule has 3 rings (SSSR count). The maximum atomic E-state index is 5.83. The van der Waals surface area contributed by atoms with Crippen molar-refractivity contribution in [1.29, 1.82) is 0 Å². The molecule has 0 radical (unpaired) electrons. The smallest absolute Gasteiger partial charge is 0.276 e. The summed E-state index contributed by atoms with van der Waals surface area (Å²) in [5.41, 5.74) is 2.12. The minimum Gasteiger partial charge on any atom is -0.493 e. The Hall–Kier alpha value is -1.98. The second kappa shape index (κ2) is 7.53. The highest BCUT2D eigenvalue weighted by molar-refractivity contribution is 7.99. The van der Waals surface area contributed by atoms with E-state index in [-0.39, 0.29) is 0 Å². The molecule has 3 aromatic rings. The number of thioether (sulfide) groups is 1. The lowest BCUT2D eigenvalue weighted by atomic mass is 10.1. The quantitative estimate of drug-likeness (QED) is 0.470. The molecule has 0 aliphatic rings. The van der Waals surface area contributed by atoms with Crippen LogP contribution in [-0.4, -0.2) is 22.6 Å². The van der Waals surface area contributed by atoms with Crippen molar-refractivity contribution in [3.63, 3.8) is 0 Å². The molecule has 0 unspecified atom stereocenters. The number of nitrogens with zero attached hydrogens (tertiary/aromatic N) is 2. The molecule has 2 aromatic carbocycles. The number of ether oxygens (including phenoxy) is 1. The van der Waals surface area contributed by atoms with Gasteiger partial charge < -0.3 is 9.15 Å². The highest BCUT2D eigenvalue weighted by Gasteiger charge is 2.08. The van der Waals surface area contributed by atoms with Crippen LogP contribution in [0.4, 0.5) is 0 Å². The third-order valence-electron chi connectivity index (χ3n) is 3.10. The molecule has 0 N–H and O–H groups in total. The highest BCUT2D eigenvalue weighted by Crippen LogP contribution is 2.23. The zero-order chi connectivity index (χ0) is 16.1. The summed E-state index contributed by atoms with van der Waals surface area (Å²) in [7, 11) is 0. The van der Waals surface area contributed by atoms with Crippen molar-refractivity contribution in [3.05, 3.63) is 59.1 Å². The van der Waals surface area contributed by atoms with Crippen LogP contribution in [0.15, 0.2) is 58.2 Å². The third kappa shape index (κ3) is 4.50. The third-order valence-corrected chi connectivity index (χ3v) is 4.13. The Morgan fingerprint density at radius 1 is 1.04 bits per heavy atom. The Labute approximate surface area is 143 Å². The normalized spacial score (nSPS) is 10.7. The number of aromatic nitrogens is 2. The van der Waals surface area contributed by atoms with Gasteiger partial charge in [0.2, 0.25) is 5.89 Å². The van der Waals surface area contributed by atoms with E-state index in [0.29, 0.717) is 22.7 Å². The highest BCUT2D eigenvalue weighted by atomic mass is 35.5. The lowest BCUT2D eigenvalue weighted by molar-refractivity contribution is 0.343. The fraction of sp³-hybridized carbons (Fsp3) is 0.176. The van der Waals surface area contributed by atoms with Crippen molar-refractivity contribution < 1.29 is 9.15 Å². The minimum atomic E-state index is 0.533. The van der Waals surface area contributed by atoms with E-state index in [1.54, 1.807) is 12.1 Å². The van der Waals surface area contributed by atoms with Gasteiger partial charge in [-0.1, -0.05) is 41.1 Å². The van der Waals surface area contributed by atoms with Gasteiger partial charge in [0.15, 0.2) is 0 Å². The Morgan fingerprint density at radius 2 is 1.78 bits per heavy atom. The van der Waals surface area contributed by atoms with Gasteiger partial charge in [-0.25, -0.2) is 0 Å². The number of rotatable bonds is 6. The molecule has 0 spiro atoms. The summed E-state index contributed by atoms with van der Waals surface area (Å²) in [5, 5.41) is 9.35. The van der Waals surface area contributed by atoms with E-state index < -0.39 is 0 Å². The van der Waals surface area contributed by atoms with Crippen molar-refractivity contribution in [3.8, 4) is 17.2 Å². The first-order chi connectivity index (χ1) is 11.2. The average molecular weight is 347 g/mol. The van der Waals surface area contributed by atoms with Gasteiger partial charge in [-0.05, 0) is 43.3 Å². The van der Waals surface area contributed by atoms with Crippen LogP contribution in [0.2, 0.25) is 5.02 Å². The molecule has 0 aliphatic carbocycles. The summed E-state index contributed by atoms with van der Waals surface area (Å²) in [5.74, 6) is 2.05. The van der Waals surface area contributed by atoms with Gasteiger partial charge in [-0.2, -0.15) is 0 Å². The maximum absolute atomic E-state index is 5.83. The van der Waals surface area contributed by atoms with Gasteiger partial charge in [0.1, 0.15) is 5.75 Å². The number of aryl methyl sites for hydroxylation is 1. The van der Waals surface area contributed by atoms with Crippen molar-refractivity contribution in [1.82, 2.24) is 10.2 Å². The molecule has 23 heavy (non-hydrogen) atoms. The van der Waals surface area contributed by atoms with E-state index in [2.05, 4.69) is 10.2 Å². The van der Waals surface area contributed by atoms with Crippen molar-refractivity contribution in [2.75, 3.05) is 12.4 Å². The van der Waals surface area contributed by atoms with E-state index >= 15 is 0 Å². The first-order valence-electron chi connectivity index (χ1n) is 7.12. The van der Waals surface area contributed by atoms with Crippen molar-refractivity contribution >= 4 is 23.4 Å². The minimum absolute atomic E-state index is 0.533. The van der Waals surface area contributed by atoms with Crippen LogP contribution in [0, 0.1) is 6.92 Å². The fourth-order valence-corrected chi connectivity index (χ4v) is 2.60. The molecule has 4 nitrogen and oxygen atoms in total. The topological polar surface area (TPSA) is 48.2 Å². The first kappa shape index (κ1) is 15.9. The predicted molar refractivity (Wildman–Crippen MR) is 92.1 cm³/mol. The first-order valence-corrected chi connectivity index (χ1v) is 8.49. The molecule has 0 atom stereocenters. The van der Waals surface area contributed by atoms with Crippen LogP contribution in [0.3, 0.4) is 0 Å².